The van der Waals surface area contributed by atoms with Crippen molar-refractivity contribution in [2.24, 2.45) is 4.99 Å². The van der Waals surface area contributed by atoms with Gasteiger partial charge in [0.2, 0.25) is 6.41 Å². The van der Waals surface area contributed by atoms with Gasteiger partial charge >= 0.3 is 5.97 Å². The van der Waals surface area contributed by atoms with Gasteiger partial charge in [-0.1, -0.05) is 0 Å². The predicted octanol–water partition coefficient (Wildman–Crippen LogP) is 1.08. The van der Waals surface area contributed by atoms with Crippen LogP contribution in [0.25, 0.3) is 0 Å². The van der Waals surface area contributed by atoms with Crippen LogP contribution in [0.2, 0.25) is 0 Å². The molecule has 4 heterocycles. The van der Waals surface area contributed by atoms with Crippen molar-refractivity contribution in [2.45, 2.75) is 25.8 Å². The van der Waals surface area contributed by atoms with Crippen LogP contribution in [0.15, 0.2) is 29.4 Å². The number of fused-ring (bicyclic) bond motifs is 1. The topological polar surface area (TPSA) is 109 Å². The molecule has 1 unspecified atom stereocenters. The second kappa shape index (κ2) is 8.66. The van der Waals surface area contributed by atoms with E-state index in [1.165, 1.54) is 11.7 Å². The number of esters is 1. The molecule has 2 aromatic rings. The maximum absolute atomic E-state index is 13.1. The number of aromatic amines is 1. The lowest BCUT2D eigenvalue weighted by molar-refractivity contribution is -0.145. The van der Waals surface area contributed by atoms with E-state index >= 15 is 0 Å². The molecule has 31 heavy (non-hydrogen) atoms. The molecule has 0 aromatic carbocycles. The normalized spacial score (nSPS) is 18.5. The van der Waals surface area contributed by atoms with Crippen molar-refractivity contribution in [3.05, 3.63) is 35.6 Å². The van der Waals surface area contributed by atoms with Crippen molar-refractivity contribution in [2.75, 3.05) is 38.3 Å². The lowest BCUT2D eigenvalue weighted by Crippen LogP contribution is -2.41. The summed E-state index contributed by atoms with van der Waals surface area (Å²) in [7, 11) is 1.33. The van der Waals surface area contributed by atoms with Gasteiger partial charge in [-0.3, -0.25) is 19.1 Å². The Balaban J connectivity index is 1.66. The molecule has 2 aromatic heterocycles. The van der Waals surface area contributed by atoms with E-state index in [0.29, 0.717) is 61.8 Å². The van der Waals surface area contributed by atoms with Gasteiger partial charge in [0.05, 0.1) is 13.7 Å². The number of carbonyl (C=O) groups excluding carboxylic acids is 3. The molecule has 0 spiro atoms. The van der Waals surface area contributed by atoms with E-state index in [-0.39, 0.29) is 5.91 Å². The first-order chi connectivity index (χ1) is 15.1. The van der Waals surface area contributed by atoms with Gasteiger partial charge in [0.1, 0.15) is 23.8 Å². The maximum Gasteiger partial charge on any atom is 0.328 e. The number of amides is 1. The van der Waals surface area contributed by atoms with Crippen LogP contribution in [0.1, 0.15) is 30.3 Å². The van der Waals surface area contributed by atoms with Gasteiger partial charge in [-0.05, 0) is 25.8 Å². The summed E-state index contributed by atoms with van der Waals surface area (Å²) >= 11 is 0. The number of hydrogen-bond donors (Lipinski definition) is 1. The molecule has 10 nitrogen and oxygen atoms in total. The lowest BCUT2D eigenvalue weighted by Gasteiger charge is -2.28. The SMILES string of the molecule is CCN=c1cc(N2CCOc3cc(C(=O)N4CCCC4C(=O)OC)[nH]c32)ccn1C=O. The van der Waals surface area contributed by atoms with Crippen LogP contribution in [0, 0.1) is 0 Å². The third-order valence-corrected chi connectivity index (χ3v) is 5.51. The van der Waals surface area contributed by atoms with E-state index in [1.807, 2.05) is 24.0 Å². The summed E-state index contributed by atoms with van der Waals surface area (Å²) in [4.78, 5) is 47.5. The monoisotopic (exact) mass is 427 g/mol. The molecular weight excluding hydrogens is 402 g/mol. The second-order valence-electron chi connectivity index (χ2n) is 7.31. The molecule has 1 fully saturated rings. The molecule has 10 heteroatoms. The second-order valence-corrected chi connectivity index (χ2v) is 7.31. The molecule has 2 aliphatic rings. The number of nitrogens with one attached hydrogen (secondary N) is 1. The number of methoxy groups -OCH3 is 1. The Bertz CT molecular complexity index is 1070. The maximum atomic E-state index is 13.1. The Morgan fingerprint density at radius 3 is 2.94 bits per heavy atom. The number of nitrogens with zero attached hydrogens (tertiary/aromatic N) is 4. The summed E-state index contributed by atoms with van der Waals surface area (Å²) < 4.78 is 12.0. The number of hydrogen-bond acceptors (Lipinski definition) is 7. The molecule has 1 N–H and O–H groups in total. The summed E-state index contributed by atoms with van der Waals surface area (Å²) in [5.41, 5.74) is 1.72. The highest BCUT2D eigenvalue weighted by Crippen LogP contribution is 2.37. The molecule has 164 valence electrons. The Morgan fingerprint density at radius 1 is 1.35 bits per heavy atom. The molecule has 1 atom stereocenters. The third kappa shape index (κ3) is 3.80. The van der Waals surface area contributed by atoms with Crippen molar-refractivity contribution >= 4 is 29.8 Å². The third-order valence-electron chi connectivity index (χ3n) is 5.51. The van der Waals surface area contributed by atoms with Gasteiger partial charge in [-0.2, -0.15) is 0 Å². The van der Waals surface area contributed by atoms with E-state index in [1.54, 1.807) is 17.2 Å². The fraction of sp³-hybridized carbons (Fsp3) is 0.429. The van der Waals surface area contributed by atoms with Crippen LogP contribution in [0.5, 0.6) is 5.75 Å². The standard InChI is InChI=1S/C21H25N5O5/c1-3-22-18-11-14(6-8-24(18)13-27)25-9-10-31-17-12-15(23-19(17)25)20(28)26-7-4-5-16(26)21(29)30-2/h6,8,11-13,16,23H,3-5,7,9-10H2,1-2H3. The first kappa shape index (κ1) is 20.7. The Labute approximate surface area is 179 Å². The molecule has 0 aliphatic carbocycles. The molecule has 4 rings (SSSR count). The fourth-order valence-electron chi connectivity index (χ4n) is 4.05. The number of carbonyl (C=O) groups is 3. The Kier molecular flexibility index (Phi) is 5.79. The summed E-state index contributed by atoms with van der Waals surface area (Å²) in [5.74, 6) is 0.540. The van der Waals surface area contributed by atoms with Gasteiger partial charge < -0.3 is 24.3 Å². The quantitative estimate of drug-likeness (QED) is 0.565. The number of rotatable bonds is 5. The minimum absolute atomic E-state index is 0.264. The van der Waals surface area contributed by atoms with E-state index in [0.717, 1.165) is 12.1 Å². The molecule has 1 amide bonds. The summed E-state index contributed by atoms with van der Waals surface area (Å²) in [5, 5.41) is 0. The number of H-pyrrole nitrogens is 1. The van der Waals surface area contributed by atoms with Crippen LogP contribution in [0.3, 0.4) is 0 Å². The minimum atomic E-state index is -0.569. The molecule has 1 saturated heterocycles. The summed E-state index contributed by atoms with van der Waals surface area (Å²) in [6.07, 6.45) is 3.71. The summed E-state index contributed by atoms with van der Waals surface area (Å²) in [6, 6.07) is 4.74. The van der Waals surface area contributed by atoms with Gasteiger partial charge in [-0.15, -0.1) is 0 Å². The lowest BCUT2D eigenvalue weighted by atomic mass is 10.2. The largest absolute Gasteiger partial charge is 0.488 e. The van der Waals surface area contributed by atoms with E-state index in [9.17, 15) is 14.4 Å². The zero-order valence-corrected chi connectivity index (χ0v) is 17.5. The number of likely N-dealkylation sites (tertiary alicyclic amines) is 1. The Morgan fingerprint density at radius 2 is 2.19 bits per heavy atom. The highest BCUT2D eigenvalue weighted by Gasteiger charge is 2.36. The number of ether oxygens (including phenoxy) is 2. The van der Waals surface area contributed by atoms with Gasteiger partial charge in [0.25, 0.3) is 5.91 Å². The molecule has 0 bridgehead atoms. The molecule has 0 radical (unpaired) electrons. The van der Waals surface area contributed by atoms with Crippen molar-refractivity contribution in [3.63, 3.8) is 0 Å². The zero-order chi connectivity index (χ0) is 22.0. The highest BCUT2D eigenvalue weighted by atomic mass is 16.5. The molecule has 0 saturated carbocycles. The smallest absolute Gasteiger partial charge is 0.328 e. The van der Waals surface area contributed by atoms with Crippen molar-refractivity contribution in [1.29, 1.82) is 0 Å². The van der Waals surface area contributed by atoms with Gasteiger partial charge in [-0.25, -0.2) is 4.79 Å². The molecular formula is C21H25N5O5. The van der Waals surface area contributed by atoms with Crippen LogP contribution in [0.4, 0.5) is 11.5 Å². The van der Waals surface area contributed by atoms with Gasteiger partial charge in [0, 0.05) is 37.1 Å². The Hall–Kier alpha value is -3.56. The van der Waals surface area contributed by atoms with Crippen molar-refractivity contribution < 1.29 is 23.9 Å². The summed E-state index contributed by atoms with van der Waals surface area (Å²) in [6.45, 7) is 3.95. The van der Waals surface area contributed by atoms with Crippen molar-refractivity contribution in [1.82, 2.24) is 14.5 Å². The van der Waals surface area contributed by atoms with E-state index in [4.69, 9.17) is 9.47 Å². The average Bonchev–Trinajstić information content (AvgIpc) is 3.45. The highest BCUT2D eigenvalue weighted by molar-refractivity contribution is 5.97. The van der Waals surface area contributed by atoms with Crippen LogP contribution in [-0.4, -0.2) is 72.1 Å². The number of pyridine rings is 1. The van der Waals surface area contributed by atoms with Gasteiger partial charge in [0.15, 0.2) is 11.6 Å². The fourth-order valence-corrected chi connectivity index (χ4v) is 4.05. The number of anilines is 2. The molecule has 2 aliphatic heterocycles. The van der Waals surface area contributed by atoms with Crippen LogP contribution >= 0.6 is 0 Å². The zero-order valence-electron chi connectivity index (χ0n) is 17.5. The first-order valence-electron chi connectivity index (χ1n) is 10.3. The van der Waals surface area contributed by atoms with Crippen LogP contribution in [-0.2, 0) is 14.3 Å². The van der Waals surface area contributed by atoms with E-state index < -0.39 is 12.0 Å². The predicted molar refractivity (Wildman–Crippen MR) is 112 cm³/mol. The average molecular weight is 427 g/mol. The first-order valence-corrected chi connectivity index (χ1v) is 10.3. The van der Waals surface area contributed by atoms with Crippen molar-refractivity contribution in [3.8, 4) is 5.75 Å². The number of aromatic nitrogens is 2. The van der Waals surface area contributed by atoms with Crippen LogP contribution < -0.4 is 15.1 Å². The minimum Gasteiger partial charge on any atom is -0.488 e. The van der Waals surface area contributed by atoms with E-state index in [2.05, 4.69) is 9.98 Å².